The topological polar surface area (TPSA) is 99.2 Å². The Balaban J connectivity index is 0.00000119. The van der Waals surface area contributed by atoms with E-state index < -0.39 is 23.8 Å². The molecule has 0 aromatic heterocycles. The average molecular weight is 824 g/mol. The fourth-order valence-electron chi connectivity index (χ4n) is 5.17. The van der Waals surface area contributed by atoms with E-state index >= 15 is 0 Å². The molecule has 0 aliphatic carbocycles. The molecule has 0 N–H and O–H groups in total. The predicted molar refractivity (Wildman–Crippen MR) is 208 cm³/mol. The molecule has 8 nitrogen and oxygen atoms in total. The fraction of sp³-hybridized carbons (Fsp3) is 0.538. The number of anilines is 3. The van der Waals surface area contributed by atoms with Gasteiger partial charge in [0, 0.05) is 53.3 Å². The van der Waals surface area contributed by atoms with Crippen molar-refractivity contribution < 1.29 is 45.4 Å². The van der Waals surface area contributed by atoms with Crippen molar-refractivity contribution in [1.82, 2.24) is 4.90 Å². The number of nitrogens with zero attached hydrogens (tertiary/aromatic N) is 4. The molecule has 3 aromatic carbocycles. The molecule has 0 saturated carbocycles. The minimum absolute atomic E-state index is 0. The summed E-state index contributed by atoms with van der Waals surface area (Å²) < 4.78 is 11.3. The molecule has 0 bridgehead atoms. The molecule has 10 heteroatoms. The van der Waals surface area contributed by atoms with Gasteiger partial charge in [0.15, 0.2) is 0 Å². The van der Waals surface area contributed by atoms with Crippen molar-refractivity contribution in [3.05, 3.63) is 105 Å². The molecular formula is C39H60N4NdO4P. The maximum atomic E-state index is 13.3. The Morgan fingerprint density at radius 3 is 0.898 bits per heavy atom. The maximum absolute atomic E-state index is 13.3. The van der Waals surface area contributed by atoms with Gasteiger partial charge in [0.1, 0.15) is 0 Å². The summed E-state index contributed by atoms with van der Waals surface area (Å²) in [6, 6.07) is 22.9. The molecular weight excluding hydrogens is 764 g/mol. The van der Waals surface area contributed by atoms with Crippen LogP contribution in [-0.4, -0.2) is 40.0 Å². The van der Waals surface area contributed by atoms with Crippen molar-refractivity contribution >= 4 is 24.2 Å². The quantitative estimate of drug-likeness (QED) is 0.132. The number of rotatable bonds is 12. The van der Waals surface area contributed by atoms with E-state index in [1.807, 2.05) is 156 Å². The molecule has 0 aliphatic heterocycles. The van der Waals surface area contributed by atoms with Crippen LogP contribution >= 0.6 is 7.14 Å². The van der Waals surface area contributed by atoms with E-state index in [-0.39, 0.29) is 40.8 Å². The van der Waals surface area contributed by atoms with Crippen LogP contribution in [0.3, 0.4) is 0 Å². The van der Waals surface area contributed by atoms with E-state index in [9.17, 15) is 20.2 Å². The second-order valence-electron chi connectivity index (χ2n) is 15.4. The number of hydrogen-bond donors (Lipinski definition) is 0. The minimum atomic E-state index is -1.66. The van der Waals surface area contributed by atoms with Crippen LogP contribution in [-0.2, 0) is 24.2 Å². The molecule has 3 rings (SSSR count). The summed E-state index contributed by atoms with van der Waals surface area (Å²) >= 11 is 0. The third-order valence-electron chi connectivity index (χ3n) is 8.37. The maximum Gasteiger partial charge on any atom is 3.00 e. The molecule has 49 heavy (non-hydrogen) atoms. The van der Waals surface area contributed by atoms with E-state index in [1.54, 1.807) is 0 Å². The smallest absolute Gasteiger partial charge is 0.758 e. The Bertz CT molecular complexity index is 1310. The van der Waals surface area contributed by atoms with Gasteiger partial charge in [0.25, 0.3) is 0 Å². The first kappa shape index (κ1) is 45.5. The summed E-state index contributed by atoms with van der Waals surface area (Å²) in [7, 11) is -1.66. The molecule has 0 saturated heterocycles. The number of hydroxylamine groups is 3. The summed E-state index contributed by atoms with van der Waals surface area (Å²) in [5, 5.41) is 43.1. The molecule has 0 aliphatic rings. The Morgan fingerprint density at radius 2 is 0.714 bits per heavy atom. The monoisotopic (exact) mass is 821 g/mol. The summed E-state index contributed by atoms with van der Waals surface area (Å²) in [6.07, 6.45) is 2.62. The molecule has 0 unspecified atom stereocenters. The van der Waals surface area contributed by atoms with Gasteiger partial charge in [-0.3, -0.25) is 4.90 Å². The molecule has 0 atom stereocenters. The molecule has 0 amide bonds. The molecule has 3 aromatic rings. The van der Waals surface area contributed by atoms with Crippen molar-refractivity contribution in [1.29, 1.82) is 0 Å². The van der Waals surface area contributed by atoms with E-state index in [4.69, 9.17) is 0 Å². The second-order valence-corrected chi connectivity index (χ2v) is 19.4. The van der Waals surface area contributed by atoms with Crippen molar-refractivity contribution in [2.75, 3.05) is 33.7 Å². The van der Waals surface area contributed by atoms with Crippen LogP contribution < -0.4 is 15.2 Å². The van der Waals surface area contributed by atoms with Crippen molar-refractivity contribution in [3.63, 3.8) is 0 Å². The Hall–Kier alpha value is -1.52. The second kappa shape index (κ2) is 19.4. The first-order chi connectivity index (χ1) is 22.2. The Labute approximate surface area is 330 Å². The van der Waals surface area contributed by atoms with Gasteiger partial charge in [-0.25, -0.2) is 0 Å². The number of benzene rings is 3. The molecule has 0 fully saturated rings. The zero-order chi connectivity index (χ0) is 36.5. The van der Waals surface area contributed by atoms with Crippen LogP contribution in [0.5, 0.6) is 0 Å². The molecule has 0 heterocycles. The van der Waals surface area contributed by atoms with Crippen LogP contribution in [0.1, 0.15) is 99.8 Å². The molecule has 269 valence electrons. The summed E-state index contributed by atoms with van der Waals surface area (Å²) in [5.74, 6) is 0. The number of para-hydroxylation sites is 3. The SMILES string of the molecule is CC(C)(C)N([O-])c1ccccc1CN(Cc1ccccc1N([O-])C(C)(C)C)Cc1ccccc1N([O-])C(C)(C)C.CCP(=O)(CC)CC.[Nd+3]. The van der Waals surface area contributed by atoms with Gasteiger partial charge in [-0.2, -0.15) is 0 Å². The van der Waals surface area contributed by atoms with E-state index in [0.717, 1.165) is 50.4 Å². The minimum Gasteiger partial charge on any atom is -0.758 e. The van der Waals surface area contributed by atoms with E-state index in [1.165, 1.54) is 0 Å². The van der Waals surface area contributed by atoms with Gasteiger partial charge >= 0.3 is 40.8 Å². The number of hydrogen-bond acceptors (Lipinski definition) is 8. The summed E-state index contributed by atoms with van der Waals surface area (Å²) in [4.78, 5) is 2.19. The Morgan fingerprint density at radius 1 is 0.490 bits per heavy atom. The van der Waals surface area contributed by atoms with Gasteiger partial charge in [-0.1, -0.05) is 75.4 Å². The van der Waals surface area contributed by atoms with Crippen LogP contribution in [0.2, 0.25) is 0 Å². The van der Waals surface area contributed by atoms with Gasteiger partial charge < -0.3 is 35.4 Å². The summed E-state index contributed by atoms with van der Waals surface area (Å²) in [6.45, 7) is 24.4. The van der Waals surface area contributed by atoms with Crippen LogP contribution in [0.25, 0.3) is 0 Å². The van der Waals surface area contributed by atoms with Gasteiger partial charge in [-0.05, 0) is 116 Å². The van der Waals surface area contributed by atoms with Crippen LogP contribution in [0.4, 0.5) is 17.1 Å². The zero-order valence-electron chi connectivity index (χ0n) is 32.0. The largest absolute Gasteiger partial charge is 3.00 e. The third kappa shape index (κ3) is 13.5. The normalized spacial score (nSPS) is 12.2. The van der Waals surface area contributed by atoms with Crippen molar-refractivity contribution in [2.45, 2.75) is 119 Å². The average Bonchev–Trinajstić information content (AvgIpc) is 3.03. The predicted octanol–water partition coefficient (Wildman–Crippen LogP) is 10.6. The third-order valence-corrected chi connectivity index (χ3v) is 11.8. The first-order valence-corrected chi connectivity index (χ1v) is 19.4. The van der Waals surface area contributed by atoms with Gasteiger partial charge in [-0.15, -0.1) is 0 Å². The van der Waals surface area contributed by atoms with E-state index in [2.05, 4.69) is 4.90 Å². The fourth-order valence-corrected chi connectivity index (χ4v) is 6.51. The Kier molecular flexibility index (Phi) is 18.0. The van der Waals surface area contributed by atoms with E-state index in [0.29, 0.717) is 36.7 Å². The van der Waals surface area contributed by atoms with Crippen LogP contribution in [0.15, 0.2) is 72.8 Å². The molecule has 1 radical (unpaired) electrons. The van der Waals surface area contributed by atoms with Gasteiger partial charge in [0.2, 0.25) is 0 Å². The van der Waals surface area contributed by atoms with Gasteiger partial charge in [0.05, 0.1) is 7.14 Å². The molecule has 0 spiro atoms. The zero-order valence-corrected chi connectivity index (χ0v) is 36.1. The van der Waals surface area contributed by atoms with Crippen molar-refractivity contribution in [2.24, 2.45) is 0 Å². The summed E-state index contributed by atoms with van der Waals surface area (Å²) in [5.41, 5.74) is 2.67. The first-order valence-electron chi connectivity index (χ1n) is 17.1. The standard InChI is InChI=1S/C33H45N4O3.C6H15OP.Nd/c1-31(2,3)35(38)28-19-13-10-16-25(28)22-34(23-26-17-11-14-20-29(26)36(39)32(4,5)6)24-27-18-12-15-21-30(27)37(40)33(7,8)9;1-4-8(7,5-2)6-3;/h10-21H,22-24H2,1-9H3;4-6H2,1-3H3;/q-3;;+3. The van der Waals surface area contributed by atoms with Crippen LogP contribution in [0, 0.1) is 56.5 Å². The van der Waals surface area contributed by atoms with Crippen molar-refractivity contribution in [3.8, 4) is 0 Å².